The molecule has 2 heterocycles. The molecule has 2 atom stereocenters. The van der Waals surface area contributed by atoms with Gasteiger partial charge in [0.05, 0.1) is 0 Å². The van der Waals surface area contributed by atoms with Crippen LogP contribution in [0.4, 0.5) is 0 Å². The van der Waals surface area contributed by atoms with Crippen molar-refractivity contribution in [3.05, 3.63) is 39.9 Å². The summed E-state index contributed by atoms with van der Waals surface area (Å²) in [6.07, 6.45) is 1.37. The highest BCUT2D eigenvalue weighted by Crippen LogP contribution is 2.68. The number of aliphatic hydroxyl groups is 3. The fourth-order valence-electron chi connectivity index (χ4n) is 3.24. The highest BCUT2D eigenvalue weighted by molar-refractivity contribution is 7.71. The standard InChI is InChI=1S/C13H15ClN2O3S/c1-7(3-8(2)14)12-4-9(12)10-5-16(13(17,18)19)11(20)15(10)6-12/h3,5,9,17-19H,2,4,6H2,1H3/b7-3+/t9?,12-/m1/s1. The van der Waals surface area contributed by atoms with Crippen LogP contribution in [0.2, 0.25) is 0 Å². The molecule has 0 spiro atoms. The molecule has 1 aromatic heterocycles. The van der Waals surface area contributed by atoms with Gasteiger partial charge in [-0.05, 0) is 31.6 Å². The third-order valence-corrected chi connectivity index (χ3v) is 4.89. The highest BCUT2D eigenvalue weighted by atomic mass is 35.5. The van der Waals surface area contributed by atoms with Crippen LogP contribution in [-0.4, -0.2) is 24.5 Å². The largest absolute Gasteiger partial charge is 0.375 e. The van der Waals surface area contributed by atoms with Crippen LogP contribution in [0.25, 0.3) is 0 Å². The van der Waals surface area contributed by atoms with Gasteiger partial charge in [-0.2, -0.15) is 0 Å². The van der Waals surface area contributed by atoms with E-state index in [0.717, 1.165) is 22.3 Å². The summed E-state index contributed by atoms with van der Waals surface area (Å²) >= 11 is 11.0. The van der Waals surface area contributed by atoms with E-state index in [9.17, 15) is 15.3 Å². The maximum atomic E-state index is 9.27. The van der Waals surface area contributed by atoms with E-state index in [-0.39, 0.29) is 16.1 Å². The lowest BCUT2D eigenvalue weighted by atomic mass is 9.95. The molecular weight excluding hydrogens is 300 g/mol. The van der Waals surface area contributed by atoms with Crippen LogP contribution in [-0.2, 0) is 12.6 Å². The van der Waals surface area contributed by atoms with Gasteiger partial charge in [-0.25, -0.2) is 4.57 Å². The fraction of sp³-hybridized carbons (Fsp3) is 0.462. The average molecular weight is 315 g/mol. The molecule has 1 aliphatic heterocycles. The summed E-state index contributed by atoms with van der Waals surface area (Å²) in [6.45, 7) is 6.35. The Kier molecular flexibility index (Phi) is 2.84. The Morgan fingerprint density at radius 2 is 2.25 bits per heavy atom. The Hall–Kier alpha value is -0.920. The molecule has 20 heavy (non-hydrogen) atoms. The van der Waals surface area contributed by atoms with Crippen LogP contribution in [0.15, 0.2) is 29.5 Å². The van der Waals surface area contributed by atoms with Gasteiger partial charge >= 0.3 is 6.10 Å². The Labute approximate surface area is 126 Å². The molecule has 3 rings (SSSR count). The number of aromatic nitrogens is 2. The topological polar surface area (TPSA) is 70.6 Å². The van der Waals surface area contributed by atoms with E-state index in [1.165, 1.54) is 6.20 Å². The van der Waals surface area contributed by atoms with E-state index in [1.54, 1.807) is 0 Å². The summed E-state index contributed by atoms with van der Waals surface area (Å²) in [5, 5.41) is 28.3. The van der Waals surface area contributed by atoms with E-state index in [0.29, 0.717) is 11.6 Å². The molecule has 0 radical (unpaired) electrons. The monoisotopic (exact) mass is 314 g/mol. The highest BCUT2D eigenvalue weighted by Gasteiger charge is 2.62. The second kappa shape index (κ2) is 4.05. The SMILES string of the molecule is C=C(Cl)/C=C(\C)[C@]12CC1c1cn(C(O)(O)O)c(=S)n1C2. The minimum atomic E-state index is -2.96. The fourth-order valence-corrected chi connectivity index (χ4v) is 3.75. The predicted molar refractivity (Wildman–Crippen MR) is 76.4 cm³/mol. The van der Waals surface area contributed by atoms with Gasteiger partial charge < -0.3 is 19.9 Å². The van der Waals surface area contributed by atoms with Crippen molar-refractivity contribution in [3.63, 3.8) is 0 Å². The van der Waals surface area contributed by atoms with Crippen molar-refractivity contribution in [1.82, 2.24) is 9.13 Å². The number of allylic oxidation sites excluding steroid dienone is 3. The first-order valence-electron chi connectivity index (χ1n) is 6.20. The smallest absolute Gasteiger partial charge is 0.325 e. The summed E-state index contributed by atoms with van der Waals surface area (Å²) in [5.41, 5.74) is 2.06. The molecule has 0 amide bonds. The molecule has 1 aliphatic carbocycles. The van der Waals surface area contributed by atoms with Gasteiger partial charge in [0.15, 0.2) is 4.77 Å². The Morgan fingerprint density at radius 1 is 1.60 bits per heavy atom. The lowest BCUT2D eigenvalue weighted by Gasteiger charge is -2.17. The zero-order chi connectivity index (χ0) is 14.9. The number of nitrogens with zero attached hydrogens (tertiary/aromatic N) is 2. The van der Waals surface area contributed by atoms with E-state index >= 15 is 0 Å². The van der Waals surface area contributed by atoms with Crippen LogP contribution in [0.5, 0.6) is 0 Å². The van der Waals surface area contributed by atoms with Crippen LogP contribution in [0.3, 0.4) is 0 Å². The van der Waals surface area contributed by atoms with Gasteiger partial charge in [0.25, 0.3) is 0 Å². The molecule has 3 N–H and O–H groups in total. The van der Waals surface area contributed by atoms with Crippen molar-refractivity contribution in [3.8, 4) is 0 Å². The van der Waals surface area contributed by atoms with E-state index in [2.05, 4.69) is 6.58 Å². The average Bonchev–Trinajstić information content (AvgIpc) is 2.79. The van der Waals surface area contributed by atoms with Crippen LogP contribution in [0.1, 0.15) is 25.0 Å². The number of hydrogen-bond donors (Lipinski definition) is 3. The molecule has 2 aliphatic rings. The van der Waals surface area contributed by atoms with Gasteiger partial charge in [-0.3, -0.25) is 0 Å². The number of hydrogen-bond acceptors (Lipinski definition) is 4. The summed E-state index contributed by atoms with van der Waals surface area (Å²) < 4.78 is 2.91. The van der Waals surface area contributed by atoms with Crippen LogP contribution >= 0.6 is 23.8 Å². The van der Waals surface area contributed by atoms with E-state index in [1.807, 2.05) is 17.6 Å². The summed E-state index contributed by atoms with van der Waals surface area (Å²) in [6, 6.07) is 0. The summed E-state index contributed by atoms with van der Waals surface area (Å²) in [4.78, 5) is 0. The second-order valence-electron chi connectivity index (χ2n) is 5.58. The Bertz CT molecular complexity index is 697. The molecular formula is C13H15ClN2O3S. The van der Waals surface area contributed by atoms with Crippen molar-refractivity contribution in [2.45, 2.75) is 31.9 Å². The molecule has 1 aromatic rings. The third kappa shape index (κ3) is 1.83. The molecule has 108 valence electrons. The lowest BCUT2D eigenvalue weighted by Crippen LogP contribution is -2.32. The molecule has 1 saturated carbocycles. The minimum absolute atomic E-state index is 0.00282. The van der Waals surface area contributed by atoms with Crippen molar-refractivity contribution in [1.29, 1.82) is 0 Å². The molecule has 0 aromatic carbocycles. The lowest BCUT2D eigenvalue weighted by molar-refractivity contribution is -0.376. The van der Waals surface area contributed by atoms with Crippen molar-refractivity contribution in [2.75, 3.05) is 0 Å². The summed E-state index contributed by atoms with van der Waals surface area (Å²) in [7, 11) is 0. The second-order valence-corrected chi connectivity index (χ2v) is 6.43. The zero-order valence-electron chi connectivity index (χ0n) is 10.9. The maximum absolute atomic E-state index is 9.27. The zero-order valence-corrected chi connectivity index (χ0v) is 12.4. The number of rotatable bonds is 3. The maximum Gasteiger partial charge on any atom is 0.375 e. The Balaban J connectivity index is 2.00. The van der Waals surface area contributed by atoms with Crippen molar-refractivity contribution >= 4 is 23.8 Å². The van der Waals surface area contributed by atoms with Gasteiger partial charge in [0.1, 0.15) is 0 Å². The predicted octanol–water partition coefficient (Wildman–Crippen LogP) is 1.75. The molecule has 1 unspecified atom stereocenters. The quantitative estimate of drug-likeness (QED) is 0.451. The number of imidazole rings is 1. The van der Waals surface area contributed by atoms with Gasteiger partial charge in [0.2, 0.25) is 0 Å². The third-order valence-electron chi connectivity index (χ3n) is 4.36. The van der Waals surface area contributed by atoms with Gasteiger partial charge in [-0.15, -0.1) is 0 Å². The van der Waals surface area contributed by atoms with Crippen LogP contribution in [0, 0.1) is 10.2 Å². The van der Waals surface area contributed by atoms with Crippen LogP contribution < -0.4 is 0 Å². The Morgan fingerprint density at radius 3 is 2.75 bits per heavy atom. The number of fused-ring (bicyclic) bond motifs is 3. The molecule has 1 fully saturated rings. The summed E-state index contributed by atoms with van der Waals surface area (Å²) in [5.74, 6) is 0.264. The van der Waals surface area contributed by atoms with Gasteiger partial charge in [-0.1, -0.05) is 23.8 Å². The van der Waals surface area contributed by atoms with Crippen molar-refractivity contribution in [2.24, 2.45) is 5.41 Å². The van der Waals surface area contributed by atoms with Crippen molar-refractivity contribution < 1.29 is 15.3 Å². The minimum Gasteiger partial charge on any atom is -0.325 e. The first-order chi connectivity index (χ1) is 9.17. The molecule has 5 nitrogen and oxygen atoms in total. The molecule has 7 heteroatoms. The molecule has 0 saturated heterocycles. The van der Waals surface area contributed by atoms with E-state index in [4.69, 9.17) is 23.8 Å². The normalized spacial score (nSPS) is 28.2. The first-order valence-corrected chi connectivity index (χ1v) is 6.98. The number of halogens is 1. The molecule has 0 bridgehead atoms. The van der Waals surface area contributed by atoms with E-state index < -0.39 is 6.10 Å². The van der Waals surface area contributed by atoms with Gasteiger partial charge in [0, 0.05) is 34.8 Å². The first kappa shape index (κ1) is 14.0.